The van der Waals surface area contributed by atoms with Crippen molar-refractivity contribution in [1.82, 2.24) is 10.6 Å². The minimum absolute atomic E-state index is 0.0623. The Morgan fingerprint density at radius 2 is 1.89 bits per heavy atom. The number of hydrogen-bond acceptors (Lipinski definition) is 5. The Bertz CT molecular complexity index is 842. The number of carbonyl (C=O) groups is 2. The van der Waals surface area contributed by atoms with Gasteiger partial charge in [-0.25, -0.2) is 0 Å². The summed E-state index contributed by atoms with van der Waals surface area (Å²) in [6.07, 6.45) is 0.871. The minimum Gasteiger partial charge on any atom is -0.494 e. The standard InChI is InChI=1S/C20H23N3O4S/c1-2-12-27-15-7-5-6-14(13-15)18(25)23-20(28)22-17-9-4-3-8-16(17)19(26)21-10-11-24/h3-9,13,24H,2,10-12H2,1H3,(H,21,26)(H2,22,23,25,28). The third kappa shape index (κ3) is 6.33. The van der Waals surface area contributed by atoms with Crippen molar-refractivity contribution >= 4 is 34.8 Å². The molecule has 0 spiro atoms. The van der Waals surface area contributed by atoms with Crippen LogP contribution in [-0.2, 0) is 0 Å². The highest BCUT2D eigenvalue weighted by Crippen LogP contribution is 2.16. The average molecular weight is 401 g/mol. The van der Waals surface area contributed by atoms with Gasteiger partial charge in [-0.15, -0.1) is 0 Å². The second-order valence-electron chi connectivity index (χ2n) is 5.81. The van der Waals surface area contributed by atoms with Crippen LogP contribution in [0.25, 0.3) is 0 Å². The largest absolute Gasteiger partial charge is 0.494 e. The first-order valence-electron chi connectivity index (χ1n) is 8.88. The number of benzene rings is 2. The second kappa shape index (κ2) is 11.0. The maximum atomic E-state index is 12.4. The van der Waals surface area contributed by atoms with Gasteiger partial charge in [0.05, 0.1) is 24.5 Å². The molecule has 0 aliphatic carbocycles. The zero-order valence-corrected chi connectivity index (χ0v) is 16.3. The molecule has 2 aromatic carbocycles. The molecule has 0 saturated heterocycles. The highest BCUT2D eigenvalue weighted by molar-refractivity contribution is 7.80. The molecule has 0 aliphatic heterocycles. The van der Waals surface area contributed by atoms with Crippen molar-refractivity contribution < 1.29 is 19.4 Å². The Balaban J connectivity index is 2.02. The highest BCUT2D eigenvalue weighted by Gasteiger charge is 2.13. The molecule has 0 radical (unpaired) electrons. The molecule has 28 heavy (non-hydrogen) atoms. The lowest BCUT2D eigenvalue weighted by atomic mass is 10.1. The van der Waals surface area contributed by atoms with Gasteiger partial charge in [0, 0.05) is 12.1 Å². The van der Waals surface area contributed by atoms with E-state index in [1.165, 1.54) is 0 Å². The summed E-state index contributed by atoms with van der Waals surface area (Å²) in [5.74, 6) is -0.131. The van der Waals surface area contributed by atoms with E-state index in [2.05, 4.69) is 16.0 Å². The van der Waals surface area contributed by atoms with Gasteiger partial charge in [-0.2, -0.15) is 0 Å². The molecule has 148 valence electrons. The summed E-state index contributed by atoms with van der Waals surface area (Å²) in [7, 11) is 0. The van der Waals surface area contributed by atoms with Crippen LogP contribution in [0.4, 0.5) is 5.69 Å². The zero-order chi connectivity index (χ0) is 20.4. The molecule has 0 heterocycles. The summed E-state index contributed by atoms with van der Waals surface area (Å²) < 4.78 is 5.53. The summed E-state index contributed by atoms with van der Waals surface area (Å²) in [4.78, 5) is 24.6. The molecule has 7 nitrogen and oxygen atoms in total. The molecule has 2 rings (SSSR count). The molecule has 2 amide bonds. The van der Waals surface area contributed by atoms with E-state index < -0.39 is 0 Å². The number of rotatable bonds is 8. The van der Waals surface area contributed by atoms with E-state index in [4.69, 9.17) is 22.1 Å². The molecule has 8 heteroatoms. The summed E-state index contributed by atoms with van der Waals surface area (Å²) in [5, 5.41) is 16.9. The van der Waals surface area contributed by atoms with Crippen LogP contribution in [0.1, 0.15) is 34.1 Å². The van der Waals surface area contributed by atoms with Crippen molar-refractivity contribution in [1.29, 1.82) is 0 Å². The number of aliphatic hydroxyl groups is 1. The quantitative estimate of drug-likeness (QED) is 0.507. The van der Waals surface area contributed by atoms with Gasteiger partial charge in [0.15, 0.2) is 5.11 Å². The van der Waals surface area contributed by atoms with E-state index in [-0.39, 0.29) is 30.1 Å². The number of hydrogen-bond donors (Lipinski definition) is 4. The van der Waals surface area contributed by atoms with Crippen molar-refractivity contribution in [3.05, 3.63) is 59.7 Å². The molecular formula is C20H23N3O4S. The van der Waals surface area contributed by atoms with Gasteiger partial charge >= 0.3 is 0 Å². The highest BCUT2D eigenvalue weighted by atomic mass is 32.1. The van der Waals surface area contributed by atoms with Crippen LogP contribution in [0.3, 0.4) is 0 Å². The molecule has 2 aromatic rings. The van der Waals surface area contributed by atoms with E-state index in [1.54, 1.807) is 48.5 Å². The van der Waals surface area contributed by atoms with Crippen molar-refractivity contribution in [3.63, 3.8) is 0 Å². The number of ether oxygens (including phenoxy) is 1. The molecule has 4 N–H and O–H groups in total. The lowest BCUT2D eigenvalue weighted by molar-refractivity contribution is 0.0944. The van der Waals surface area contributed by atoms with Gasteiger partial charge in [0.2, 0.25) is 0 Å². The minimum atomic E-state index is -0.387. The number of aliphatic hydroxyl groups excluding tert-OH is 1. The summed E-state index contributed by atoms with van der Waals surface area (Å²) >= 11 is 5.20. The van der Waals surface area contributed by atoms with Gasteiger partial charge in [-0.1, -0.05) is 25.1 Å². The Labute approximate surface area is 169 Å². The van der Waals surface area contributed by atoms with Crippen molar-refractivity contribution in [2.75, 3.05) is 25.1 Å². The molecule has 0 saturated carbocycles. The average Bonchev–Trinajstić information content (AvgIpc) is 2.71. The Morgan fingerprint density at radius 1 is 1.11 bits per heavy atom. The fraction of sp³-hybridized carbons (Fsp3) is 0.250. The smallest absolute Gasteiger partial charge is 0.257 e. The van der Waals surface area contributed by atoms with Gasteiger partial charge in [-0.3, -0.25) is 14.9 Å². The predicted molar refractivity (Wildman–Crippen MR) is 112 cm³/mol. The van der Waals surface area contributed by atoms with Crippen LogP contribution in [0.15, 0.2) is 48.5 Å². The molecule has 0 fully saturated rings. The number of thiocarbonyl (C=S) groups is 1. The molecular weight excluding hydrogens is 378 g/mol. The normalized spacial score (nSPS) is 10.1. The van der Waals surface area contributed by atoms with Crippen molar-refractivity contribution in [2.45, 2.75) is 13.3 Å². The van der Waals surface area contributed by atoms with Gasteiger partial charge in [-0.05, 0) is 49.0 Å². The Hall–Kier alpha value is -2.97. The fourth-order valence-corrected chi connectivity index (χ4v) is 2.53. The summed E-state index contributed by atoms with van der Waals surface area (Å²) in [6, 6.07) is 13.6. The summed E-state index contributed by atoms with van der Waals surface area (Å²) in [6.45, 7) is 2.56. The molecule has 0 aliphatic rings. The molecule has 0 bridgehead atoms. The van der Waals surface area contributed by atoms with Crippen molar-refractivity contribution in [3.8, 4) is 5.75 Å². The van der Waals surface area contributed by atoms with E-state index in [1.807, 2.05) is 6.92 Å². The van der Waals surface area contributed by atoms with Crippen LogP contribution < -0.4 is 20.7 Å². The first kappa shape index (κ1) is 21.3. The SMILES string of the molecule is CCCOc1cccc(C(=O)NC(=S)Nc2ccccc2C(=O)NCCO)c1. The van der Waals surface area contributed by atoms with Crippen LogP contribution >= 0.6 is 12.2 Å². The Morgan fingerprint density at radius 3 is 2.64 bits per heavy atom. The first-order valence-corrected chi connectivity index (χ1v) is 9.29. The van der Waals surface area contributed by atoms with E-state index in [0.717, 1.165) is 6.42 Å². The van der Waals surface area contributed by atoms with Crippen molar-refractivity contribution in [2.24, 2.45) is 0 Å². The van der Waals surface area contributed by atoms with E-state index in [0.29, 0.717) is 29.2 Å². The monoisotopic (exact) mass is 401 g/mol. The summed E-state index contributed by atoms with van der Waals surface area (Å²) in [5.41, 5.74) is 1.21. The fourth-order valence-electron chi connectivity index (χ4n) is 2.33. The van der Waals surface area contributed by atoms with E-state index >= 15 is 0 Å². The second-order valence-corrected chi connectivity index (χ2v) is 6.22. The van der Waals surface area contributed by atoms with Crippen LogP contribution in [-0.4, -0.2) is 41.8 Å². The van der Waals surface area contributed by atoms with E-state index in [9.17, 15) is 9.59 Å². The first-order chi connectivity index (χ1) is 13.5. The maximum Gasteiger partial charge on any atom is 0.257 e. The molecule has 0 aromatic heterocycles. The van der Waals surface area contributed by atoms with Crippen LogP contribution in [0.2, 0.25) is 0 Å². The van der Waals surface area contributed by atoms with Gasteiger partial charge in [0.25, 0.3) is 11.8 Å². The number of amides is 2. The van der Waals surface area contributed by atoms with Gasteiger partial charge < -0.3 is 20.5 Å². The Kier molecular flexibility index (Phi) is 8.38. The lowest BCUT2D eigenvalue weighted by Crippen LogP contribution is -2.35. The topological polar surface area (TPSA) is 99.7 Å². The number of carbonyl (C=O) groups excluding carboxylic acids is 2. The number of para-hydroxylation sites is 1. The predicted octanol–water partition coefficient (Wildman–Crippen LogP) is 2.32. The maximum absolute atomic E-state index is 12.4. The zero-order valence-electron chi connectivity index (χ0n) is 15.5. The van der Waals surface area contributed by atoms with Crippen LogP contribution in [0.5, 0.6) is 5.75 Å². The lowest BCUT2D eigenvalue weighted by Gasteiger charge is -2.13. The molecule has 0 unspecified atom stereocenters. The molecule has 0 atom stereocenters. The third-order valence-electron chi connectivity index (χ3n) is 3.61. The number of nitrogens with one attached hydrogen (secondary N) is 3. The van der Waals surface area contributed by atoms with Crippen LogP contribution in [0, 0.1) is 0 Å². The van der Waals surface area contributed by atoms with Gasteiger partial charge in [0.1, 0.15) is 5.75 Å². The third-order valence-corrected chi connectivity index (χ3v) is 3.82. The number of anilines is 1.